The first-order valence-corrected chi connectivity index (χ1v) is 6.67. The van der Waals surface area contributed by atoms with Crippen molar-refractivity contribution in [2.75, 3.05) is 18.1 Å². The predicted molar refractivity (Wildman–Crippen MR) is 54.6 cm³/mol. The van der Waals surface area contributed by atoms with Crippen LogP contribution >= 0.6 is 0 Å². The Morgan fingerprint density at radius 1 is 1.36 bits per heavy atom. The molecular weight excluding hydrogens is 202 g/mol. The van der Waals surface area contributed by atoms with Crippen LogP contribution in [0.25, 0.3) is 10.4 Å². The number of sulfone groups is 1. The van der Waals surface area contributed by atoms with Gasteiger partial charge in [-0.2, -0.15) is 0 Å². The van der Waals surface area contributed by atoms with E-state index < -0.39 is 9.84 Å². The average Bonchev–Trinajstić information content (AvgIpc) is 2.56. The van der Waals surface area contributed by atoms with Gasteiger partial charge in [-0.3, -0.25) is 0 Å². The zero-order valence-corrected chi connectivity index (χ0v) is 8.91. The van der Waals surface area contributed by atoms with Gasteiger partial charge in [0.15, 0.2) is 9.84 Å². The second-order valence-electron chi connectivity index (χ2n) is 3.72. The molecular formula is C8H15N3O2S. The van der Waals surface area contributed by atoms with Gasteiger partial charge in [0.05, 0.1) is 11.5 Å². The highest BCUT2D eigenvalue weighted by Gasteiger charge is 2.21. The molecule has 0 aromatic carbocycles. The van der Waals surface area contributed by atoms with Crippen molar-refractivity contribution in [1.82, 2.24) is 0 Å². The fourth-order valence-corrected chi connectivity index (χ4v) is 3.42. The van der Waals surface area contributed by atoms with Gasteiger partial charge in [0.2, 0.25) is 0 Å². The smallest absolute Gasteiger partial charge is 0.150 e. The second kappa shape index (κ2) is 5.22. The van der Waals surface area contributed by atoms with E-state index in [1.807, 2.05) is 0 Å². The topological polar surface area (TPSA) is 82.9 Å². The lowest BCUT2D eigenvalue weighted by atomic mass is 10.1. The van der Waals surface area contributed by atoms with Gasteiger partial charge in [-0.25, -0.2) is 8.42 Å². The van der Waals surface area contributed by atoms with Gasteiger partial charge in [0.1, 0.15) is 0 Å². The Morgan fingerprint density at radius 3 is 2.57 bits per heavy atom. The van der Waals surface area contributed by atoms with Crippen molar-refractivity contribution in [3.8, 4) is 0 Å². The Hall–Kier alpha value is -0.740. The number of hydrogen-bond donors (Lipinski definition) is 0. The maximum atomic E-state index is 11.5. The molecule has 6 heteroatoms. The third-order valence-electron chi connectivity index (χ3n) is 2.53. The van der Waals surface area contributed by atoms with Crippen LogP contribution in [0.1, 0.15) is 25.7 Å². The molecule has 80 valence electrons. The van der Waals surface area contributed by atoms with Crippen molar-refractivity contribution in [3.63, 3.8) is 0 Å². The molecule has 0 saturated heterocycles. The maximum Gasteiger partial charge on any atom is 0.150 e. The lowest BCUT2D eigenvalue weighted by molar-refractivity contribution is 0.559. The van der Waals surface area contributed by atoms with Crippen LogP contribution in [0.3, 0.4) is 0 Å². The van der Waals surface area contributed by atoms with Crippen LogP contribution in [0, 0.1) is 5.92 Å². The van der Waals surface area contributed by atoms with Crippen LogP contribution < -0.4 is 0 Å². The Kier molecular flexibility index (Phi) is 4.22. The molecule has 0 atom stereocenters. The van der Waals surface area contributed by atoms with Crippen LogP contribution in [0.4, 0.5) is 0 Å². The third kappa shape index (κ3) is 3.98. The third-order valence-corrected chi connectivity index (χ3v) is 4.31. The normalized spacial score (nSPS) is 18.0. The fourth-order valence-electron chi connectivity index (χ4n) is 1.84. The van der Waals surface area contributed by atoms with E-state index in [0.29, 0.717) is 5.92 Å². The monoisotopic (exact) mass is 217 g/mol. The van der Waals surface area contributed by atoms with Crippen LogP contribution in [0.5, 0.6) is 0 Å². The summed E-state index contributed by atoms with van der Waals surface area (Å²) in [6.45, 7) is 0.0611. The first-order chi connectivity index (χ1) is 6.64. The van der Waals surface area contributed by atoms with Crippen molar-refractivity contribution in [2.45, 2.75) is 25.7 Å². The zero-order chi connectivity index (χ0) is 10.4. The first kappa shape index (κ1) is 11.3. The first-order valence-electron chi connectivity index (χ1n) is 4.85. The molecule has 0 radical (unpaired) electrons. The number of azide groups is 1. The minimum Gasteiger partial charge on any atom is -0.229 e. The molecule has 1 fully saturated rings. The summed E-state index contributed by atoms with van der Waals surface area (Å²) in [4.78, 5) is 2.53. The van der Waals surface area contributed by atoms with E-state index in [0.717, 1.165) is 25.7 Å². The molecule has 0 aromatic heterocycles. The summed E-state index contributed by atoms with van der Waals surface area (Å²) in [5.41, 5.74) is 8.01. The van der Waals surface area contributed by atoms with Gasteiger partial charge in [-0.1, -0.05) is 18.0 Å². The maximum absolute atomic E-state index is 11.5. The summed E-state index contributed by atoms with van der Waals surface area (Å²) < 4.78 is 23.0. The van der Waals surface area contributed by atoms with Crippen LogP contribution in [-0.2, 0) is 9.84 Å². The Balaban J connectivity index is 2.36. The molecule has 0 N–H and O–H groups in total. The summed E-state index contributed by atoms with van der Waals surface area (Å²) >= 11 is 0. The van der Waals surface area contributed by atoms with E-state index in [9.17, 15) is 8.42 Å². The highest BCUT2D eigenvalue weighted by atomic mass is 32.2. The molecule has 0 aromatic rings. The minimum atomic E-state index is -3.00. The Labute approximate surface area is 84.0 Å². The van der Waals surface area contributed by atoms with Gasteiger partial charge in [-0.15, -0.1) is 0 Å². The Bertz CT molecular complexity index is 313. The van der Waals surface area contributed by atoms with Crippen molar-refractivity contribution in [1.29, 1.82) is 0 Å². The largest absolute Gasteiger partial charge is 0.229 e. The van der Waals surface area contributed by atoms with Crippen molar-refractivity contribution < 1.29 is 8.42 Å². The fraction of sp³-hybridized carbons (Fsp3) is 1.00. The molecule has 1 saturated carbocycles. The Morgan fingerprint density at radius 2 is 2.00 bits per heavy atom. The molecule has 1 aliphatic carbocycles. The van der Waals surface area contributed by atoms with Crippen LogP contribution in [0.2, 0.25) is 0 Å². The SMILES string of the molecule is [N-]=[N+]=NCCS(=O)(=O)CC1CCCC1. The highest BCUT2D eigenvalue weighted by Crippen LogP contribution is 2.25. The second-order valence-corrected chi connectivity index (χ2v) is 5.95. The van der Waals surface area contributed by atoms with E-state index >= 15 is 0 Å². The van der Waals surface area contributed by atoms with Crippen molar-refractivity contribution in [3.05, 3.63) is 10.4 Å². The highest BCUT2D eigenvalue weighted by molar-refractivity contribution is 7.91. The van der Waals surface area contributed by atoms with Gasteiger partial charge in [0.25, 0.3) is 0 Å². The van der Waals surface area contributed by atoms with E-state index in [1.165, 1.54) is 0 Å². The molecule has 0 amide bonds. The summed E-state index contributed by atoms with van der Waals surface area (Å²) in [5, 5.41) is 3.23. The van der Waals surface area contributed by atoms with E-state index in [-0.39, 0.29) is 18.1 Å². The van der Waals surface area contributed by atoms with E-state index in [2.05, 4.69) is 10.0 Å². The number of rotatable bonds is 5. The van der Waals surface area contributed by atoms with Gasteiger partial charge >= 0.3 is 0 Å². The number of nitrogens with zero attached hydrogens (tertiary/aromatic N) is 3. The van der Waals surface area contributed by atoms with Crippen LogP contribution in [0.15, 0.2) is 5.11 Å². The molecule has 0 aliphatic heterocycles. The molecule has 1 aliphatic rings. The lowest BCUT2D eigenvalue weighted by Crippen LogP contribution is -2.18. The summed E-state index contributed by atoms with van der Waals surface area (Å²) in [7, 11) is -3.00. The van der Waals surface area contributed by atoms with Gasteiger partial charge < -0.3 is 0 Å². The predicted octanol–water partition coefficient (Wildman–Crippen LogP) is 1.90. The quantitative estimate of drug-likeness (QED) is 0.400. The number of hydrogen-bond acceptors (Lipinski definition) is 3. The van der Waals surface area contributed by atoms with Gasteiger partial charge in [-0.05, 0) is 24.3 Å². The molecule has 5 nitrogen and oxygen atoms in total. The van der Waals surface area contributed by atoms with E-state index in [4.69, 9.17) is 5.53 Å². The summed E-state index contributed by atoms with van der Waals surface area (Å²) in [6, 6.07) is 0. The minimum absolute atomic E-state index is 0.00639. The molecule has 0 spiro atoms. The molecule has 0 heterocycles. The van der Waals surface area contributed by atoms with Crippen molar-refractivity contribution >= 4 is 9.84 Å². The summed E-state index contributed by atoms with van der Waals surface area (Å²) in [6.07, 6.45) is 4.36. The molecule has 0 bridgehead atoms. The molecule has 14 heavy (non-hydrogen) atoms. The van der Waals surface area contributed by atoms with E-state index in [1.54, 1.807) is 0 Å². The molecule has 1 rings (SSSR count). The zero-order valence-electron chi connectivity index (χ0n) is 8.09. The summed E-state index contributed by atoms with van der Waals surface area (Å²) in [5.74, 6) is 0.604. The standard InChI is InChI=1S/C8H15N3O2S/c9-11-10-5-6-14(12,13)7-8-3-1-2-4-8/h8H,1-7H2. The van der Waals surface area contributed by atoms with Crippen molar-refractivity contribution in [2.24, 2.45) is 11.0 Å². The van der Waals surface area contributed by atoms with Crippen LogP contribution in [-0.4, -0.2) is 26.5 Å². The average molecular weight is 217 g/mol. The lowest BCUT2D eigenvalue weighted by Gasteiger charge is -2.08. The molecule has 0 unspecified atom stereocenters. The van der Waals surface area contributed by atoms with Gasteiger partial charge in [0, 0.05) is 11.5 Å².